The SMILES string of the molecule is CCC(C)CN(CC)c1cccc2c1CCNC2. The summed E-state index contributed by atoms with van der Waals surface area (Å²) in [6, 6.07) is 6.78. The van der Waals surface area contributed by atoms with Gasteiger partial charge in [-0.25, -0.2) is 0 Å². The minimum absolute atomic E-state index is 0.766. The molecule has 0 saturated carbocycles. The third kappa shape index (κ3) is 2.86. The number of nitrogens with one attached hydrogen (secondary N) is 1. The van der Waals surface area contributed by atoms with Crippen LogP contribution in [0.4, 0.5) is 5.69 Å². The molecule has 0 bridgehead atoms. The summed E-state index contributed by atoms with van der Waals surface area (Å²) < 4.78 is 0. The predicted octanol–water partition coefficient (Wildman–Crippen LogP) is 3.20. The maximum atomic E-state index is 3.46. The molecule has 18 heavy (non-hydrogen) atoms. The smallest absolute Gasteiger partial charge is 0.0402 e. The highest BCUT2D eigenvalue weighted by Crippen LogP contribution is 2.27. The molecular formula is C16H26N2. The Bertz CT molecular complexity index is 387. The molecule has 0 fully saturated rings. The van der Waals surface area contributed by atoms with Gasteiger partial charge in [0.1, 0.15) is 0 Å². The first-order valence-corrected chi connectivity index (χ1v) is 7.32. The van der Waals surface area contributed by atoms with Crippen LogP contribution >= 0.6 is 0 Å². The second-order valence-electron chi connectivity index (χ2n) is 5.39. The third-order valence-corrected chi connectivity index (χ3v) is 4.07. The van der Waals surface area contributed by atoms with Crippen molar-refractivity contribution in [2.24, 2.45) is 5.92 Å². The summed E-state index contributed by atoms with van der Waals surface area (Å²) in [5.41, 5.74) is 4.53. The van der Waals surface area contributed by atoms with E-state index < -0.39 is 0 Å². The van der Waals surface area contributed by atoms with E-state index in [0.29, 0.717) is 0 Å². The number of hydrogen-bond acceptors (Lipinski definition) is 2. The van der Waals surface area contributed by atoms with Crippen molar-refractivity contribution in [3.8, 4) is 0 Å². The van der Waals surface area contributed by atoms with Crippen LogP contribution in [-0.2, 0) is 13.0 Å². The fourth-order valence-corrected chi connectivity index (χ4v) is 2.71. The Kier molecular flexibility index (Phi) is 4.65. The Balaban J connectivity index is 2.24. The molecule has 1 N–H and O–H groups in total. The van der Waals surface area contributed by atoms with Gasteiger partial charge in [0.05, 0.1) is 0 Å². The van der Waals surface area contributed by atoms with Crippen LogP contribution in [0.5, 0.6) is 0 Å². The molecule has 0 amide bonds. The lowest BCUT2D eigenvalue weighted by atomic mass is 9.97. The highest BCUT2D eigenvalue weighted by Gasteiger charge is 2.17. The lowest BCUT2D eigenvalue weighted by Crippen LogP contribution is -2.31. The van der Waals surface area contributed by atoms with Crippen molar-refractivity contribution < 1.29 is 0 Å². The standard InChI is InChI=1S/C16H26N2/c1-4-13(3)12-18(5-2)16-8-6-7-14-11-17-10-9-15(14)16/h6-8,13,17H,4-5,9-12H2,1-3H3. The fraction of sp³-hybridized carbons (Fsp3) is 0.625. The molecule has 1 aromatic rings. The number of fused-ring (bicyclic) bond motifs is 1. The summed E-state index contributed by atoms with van der Waals surface area (Å²) in [5.74, 6) is 0.766. The molecule has 1 unspecified atom stereocenters. The Morgan fingerprint density at radius 3 is 2.89 bits per heavy atom. The van der Waals surface area contributed by atoms with Crippen LogP contribution in [0.15, 0.2) is 18.2 Å². The summed E-state index contributed by atoms with van der Waals surface area (Å²) in [6.45, 7) is 11.3. The summed E-state index contributed by atoms with van der Waals surface area (Å²) in [4.78, 5) is 2.55. The molecule has 0 aromatic heterocycles. The molecule has 0 radical (unpaired) electrons. The fourth-order valence-electron chi connectivity index (χ4n) is 2.71. The first kappa shape index (κ1) is 13.4. The topological polar surface area (TPSA) is 15.3 Å². The van der Waals surface area contributed by atoms with Crippen LogP contribution in [0.25, 0.3) is 0 Å². The van der Waals surface area contributed by atoms with Gasteiger partial charge in [0, 0.05) is 25.3 Å². The largest absolute Gasteiger partial charge is 0.371 e. The summed E-state index contributed by atoms with van der Waals surface area (Å²) in [6.07, 6.45) is 2.43. The second-order valence-corrected chi connectivity index (χ2v) is 5.39. The van der Waals surface area contributed by atoms with E-state index in [1.165, 1.54) is 30.6 Å². The van der Waals surface area contributed by atoms with Crippen LogP contribution in [0, 0.1) is 5.92 Å². The van der Waals surface area contributed by atoms with Gasteiger partial charge in [-0.1, -0.05) is 32.4 Å². The molecule has 2 heteroatoms. The van der Waals surface area contributed by atoms with Gasteiger partial charge in [-0.15, -0.1) is 0 Å². The number of benzene rings is 1. The van der Waals surface area contributed by atoms with Gasteiger partial charge in [-0.05, 0) is 43.0 Å². The molecular weight excluding hydrogens is 220 g/mol. The minimum atomic E-state index is 0.766. The van der Waals surface area contributed by atoms with E-state index in [9.17, 15) is 0 Å². The number of anilines is 1. The van der Waals surface area contributed by atoms with Crippen molar-refractivity contribution in [3.05, 3.63) is 29.3 Å². The summed E-state index contributed by atoms with van der Waals surface area (Å²) in [5, 5.41) is 3.46. The van der Waals surface area contributed by atoms with Gasteiger partial charge in [0.15, 0.2) is 0 Å². The van der Waals surface area contributed by atoms with E-state index in [-0.39, 0.29) is 0 Å². The van der Waals surface area contributed by atoms with Crippen LogP contribution in [0.2, 0.25) is 0 Å². The zero-order valence-corrected chi connectivity index (χ0v) is 12.0. The lowest BCUT2D eigenvalue weighted by Gasteiger charge is -2.31. The molecule has 0 saturated heterocycles. The zero-order valence-electron chi connectivity index (χ0n) is 12.0. The van der Waals surface area contributed by atoms with Crippen molar-refractivity contribution in [1.29, 1.82) is 0 Å². The first-order chi connectivity index (χ1) is 8.76. The van der Waals surface area contributed by atoms with Gasteiger partial charge in [-0.3, -0.25) is 0 Å². The molecule has 0 spiro atoms. The first-order valence-electron chi connectivity index (χ1n) is 7.32. The Hall–Kier alpha value is -1.02. The number of rotatable bonds is 5. The average Bonchev–Trinajstić information content (AvgIpc) is 2.44. The number of hydrogen-bond donors (Lipinski definition) is 1. The molecule has 1 aromatic carbocycles. The van der Waals surface area contributed by atoms with Crippen molar-refractivity contribution in [2.75, 3.05) is 24.5 Å². The van der Waals surface area contributed by atoms with Crippen molar-refractivity contribution in [3.63, 3.8) is 0 Å². The highest BCUT2D eigenvalue weighted by atomic mass is 15.1. The third-order valence-electron chi connectivity index (χ3n) is 4.07. The second kappa shape index (κ2) is 6.24. The van der Waals surface area contributed by atoms with E-state index in [1.807, 2.05) is 0 Å². The van der Waals surface area contributed by atoms with Crippen molar-refractivity contribution >= 4 is 5.69 Å². The Morgan fingerprint density at radius 2 is 2.17 bits per heavy atom. The minimum Gasteiger partial charge on any atom is -0.371 e. The van der Waals surface area contributed by atoms with Crippen LogP contribution in [0.1, 0.15) is 38.3 Å². The Labute approximate surface area is 111 Å². The maximum absolute atomic E-state index is 3.46. The van der Waals surface area contributed by atoms with E-state index in [0.717, 1.165) is 25.6 Å². The van der Waals surface area contributed by atoms with E-state index in [1.54, 1.807) is 5.56 Å². The molecule has 100 valence electrons. The van der Waals surface area contributed by atoms with Gasteiger partial charge in [-0.2, -0.15) is 0 Å². The molecule has 1 aliphatic rings. The van der Waals surface area contributed by atoms with Crippen LogP contribution in [0.3, 0.4) is 0 Å². The molecule has 2 rings (SSSR count). The van der Waals surface area contributed by atoms with Gasteiger partial charge < -0.3 is 10.2 Å². The summed E-state index contributed by atoms with van der Waals surface area (Å²) in [7, 11) is 0. The van der Waals surface area contributed by atoms with E-state index >= 15 is 0 Å². The van der Waals surface area contributed by atoms with Crippen molar-refractivity contribution in [2.45, 2.75) is 40.2 Å². The lowest BCUT2D eigenvalue weighted by molar-refractivity contribution is 0.545. The molecule has 0 aliphatic carbocycles. The highest BCUT2D eigenvalue weighted by molar-refractivity contribution is 5.57. The molecule has 1 heterocycles. The normalized spacial score (nSPS) is 16.2. The Morgan fingerprint density at radius 1 is 1.33 bits per heavy atom. The quantitative estimate of drug-likeness (QED) is 0.858. The average molecular weight is 246 g/mol. The van der Waals surface area contributed by atoms with Crippen molar-refractivity contribution in [1.82, 2.24) is 5.32 Å². The van der Waals surface area contributed by atoms with Gasteiger partial charge in [0.2, 0.25) is 0 Å². The molecule has 1 atom stereocenters. The van der Waals surface area contributed by atoms with Crippen LogP contribution in [-0.4, -0.2) is 19.6 Å². The molecule has 1 aliphatic heterocycles. The zero-order chi connectivity index (χ0) is 13.0. The van der Waals surface area contributed by atoms with Crippen LogP contribution < -0.4 is 10.2 Å². The van der Waals surface area contributed by atoms with E-state index in [4.69, 9.17) is 0 Å². The van der Waals surface area contributed by atoms with E-state index in [2.05, 4.69) is 49.2 Å². The summed E-state index contributed by atoms with van der Waals surface area (Å²) >= 11 is 0. The predicted molar refractivity (Wildman–Crippen MR) is 79.2 cm³/mol. The monoisotopic (exact) mass is 246 g/mol. The molecule has 2 nitrogen and oxygen atoms in total. The number of nitrogens with zero attached hydrogens (tertiary/aromatic N) is 1. The van der Waals surface area contributed by atoms with Gasteiger partial charge >= 0.3 is 0 Å². The maximum Gasteiger partial charge on any atom is 0.0402 e. The van der Waals surface area contributed by atoms with Gasteiger partial charge in [0.25, 0.3) is 0 Å².